The Morgan fingerprint density at radius 3 is 2.77 bits per heavy atom. The summed E-state index contributed by atoms with van der Waals surface area (Å²) < 4.78 is 39.4. The Kier molecular flexibility index (Phi) is 5.90. The molecule has 0 saturated carbocycles. The Bertz CT molecular complexity index is 1250. The van der Waals surface area contributed by atoms with Gasteiger partial charge in [-0.15, -0.1) is 10.2 Å². The molecule has 0 unspecified atom stereocenters. The molecule has 0 aliphatic heterocycles. The molecule has 0 saturated heterocycles. The van der Waals surface area contributed by atoms with E-state index >= 15 is 0 Å². The van der Waals surface area contributed by atoms with Crippen molar-refractivity contribution in [2.75, 3.05) is 18.2 Å². The van der Waals surface area contributed by atoms with Crippen LogP contribution >= 0.6 is 11.8 Å². The number of hydrogen-bond donors (Lipinski definition) is 1. The van der Waals surface area contributed by atoms with Gasteiger partial charge in [0, 0.05) is 23.7 Å². The van der Waals surface area contributed by atoms with Crippen LogP contribution in [0.4, 0.5) is 14.5 Å². The minimum Gasteiger partial charge on any atom is -0.493 e. The lowest BCUT2D eigenvalue weighted by molar-refractivity contribution is -0.113. The number of fused-ring (bicyclic) bond motifs is 1. The predicted octanol–water partition coefficient (Wildman–Crippen LogP) is 4.73. The summed E-state index contributed by atoms with van der Waals surface area (Å²) in [6, 6.07) is 10.6. The van der Waals surface area contributed by atoms with Gasteiger partial charge < -0.3 is 14.5 Å². The molecule has 0 bridgehead atoms. The maximum absolute atomic E-state index is 13.3. The SMILES string of the molecule is CCn1c(SCC(=O)Nc2ccc(F)c(F)c2)nnc1-c1cc2cccc(OC)c2o1. The molecule has 1 amide bonds. The highest BCUT2D eigenvalue weighted by atomic mass is 32.2. The van der Waals surface area contributed by atoms with Crippen LogP contribution in [0.25, 0.3) is 22.6 Å². The van der Waals surface area contributed by atoms with Crippen molar-refractivity contribution < 1.29 is 22.7 Å². The molecule has 0 aliphatic carbocycles. The zero-order valence-corrected chi connectivity index (χ0v) is 17.5. The van der Waals surface area contributed by atoms with Gasteiger partial charge in [0.2, 0.25) is 11.7 Å². The standard InChI is InChI=1S/C21H18F2N4O3S/c1-3-27-20(17-9-12-5-4-6-16(29-2)19(12)30-17)25-26-21(27)31-11-18(28)24-13-7-8-14(22)15(23)10-13/h4-10H,3,11H2,1-2H3,(H,24,28). The lowest BCUT2D eigenvalue weighted by Crippen LogP contribution is -2.15. The third kappa shape index (κ3) is 4.24. The number of anilines is 1. The minimum atomic E-state index is -1.02. The monoisotopic (exact) mass is 444 g/mol. The maximum Gasteiger partial charge on any atom is 0.234 e. The van der Waals surface area contributed by atoms with Gasteiger partial charge in [-0.05, 0) is 31.2 Å². The van der Waals surface area contributed by atoms with E-state index < -0.39 is 11.6 Å². The quantitative estimate of drug-likeness (QED) is 0.415. The summed E-state index contributed by atoms with van der Waals surface area (Å²) in [5.41, 5.74) is 0.795. The first kappa shape index (κ1) is 20.9. The Morgan fingerprint density at radius 2 is 2.03 bits per heavy atom. The Labute approximate surface area is 180 Å². The number of aromatic nitrogens is 3. The third-order valence-electron chi connectivity index (χ3n) is 4.52. The number of thioether (sulfide) groups is 1. The van der Waals surface area contributed by atoms with Gasteiger partial charge in [-0.3, -0.25) is 9.36 Å². The average molecular weight is 444 g/mol. The van der Waals surface area contributed by atoms with Crippen molar-refractivity contribution in [1.29, 1.82) is 0 Å². The first-order valence-electron chi connectivity index (χ1n) is 9.38. The molecule has 2 aromatic carbocycles. The zero-order chi connectivity index (χ0) is 22.0. The number of carbonyl (C=O) groups is 1. The summed E-state index contributed by atoms with van der Waals surface area (Å²) >= 11 is 1.18. The molecule has 2 heterocycles. The van der Waals surface area contributed by atoms with Crippen molar-refractivity contribution in [3.8, 4) is 17.3 Å². The van der Waals surface area contributed by atoms with Gasteiger partial charge in [-0.1, -0.05) is 23.9 Å². The number of benzene rings is 2. The van der Waals surface area contributed by atoms with Crippen molar-refractivity contribution in [3.05, 3.63) is 54.1 Å². The van der Waals surface area contributed by atoms with Crippen LogP contribution in [0, 0.1) is 11.6 Å². The number of carbonyl (C=O) groups excluding carboxylic acids is 1. The second kappa shape index (κ2) is 8.76. The smallest absolute Gasteiger partial charge is 0.234 e. The van der Waals surface area contributed by atoms with Gasteiger partial charge in [0.15, 0.2) is 33.9 Å². The second-order valence-corrected chi connectivity index (χ2v) is 7.45. The van der Waals surface area contributed by atoms with E-state index in [1.54, 1.807) is 7.11 Å². The molecule has 160 valence electrons. The highest BCUT2D eigenvalue weighted by Gasteiger charge is 2.19. The lowest BCUT2D eigenvalue weighted by atomic mass is 10.2. The van der Waals surface area contributed by atoms with Gasteiger partial charge in [0.25, 0.3) is 0 Å². The molecular weight excluding hydrogens is 426 g/mol. The number of hydrogen-bond acceptors (Lipinski definition) is 6. The number of amides is 1. The third-order valence-corrected chi connectivity index (χ3v) is 5.48. The molecule has 10 heteroatoms. The summed E-state index contributed by atoms with van der Waals surface area (Å²) in [4.78, 5) is 12.2. The Balaban J connectivity index is 1.50. The molecule has 1 N–H and O–H groups in total. The molecule has 7 nitrogen and oxygen atoms in total. The second-order valence-electron chi connectivity index (χ2n) is 6.51. The number of para-hydroxylation sites is 1. The van der Waals surface area contributed by atoms with E-state index in [1.807, 2.05) is 35.8 Å². The number of rotatable bonds is 7. The topological polar surface area (TPSA) is 82.2 Å². The van der Waals surface area contributed by atoms with E-state index in [0.29, 0.717) is 34.6 Å². The van der Waals surface area contributed by atoms with Gasteiger partial charge >= 0.3 is 0 Å². The minimum absolute atomic E-state index is 0.0189. The number of halogens is 2. The first-order chi connectivity index (χ1) is 15.0. The molecule has 0 aliphatic rings. The fourth-order valence-corrected chi connectivity index (χ4v) is 3.87. The molecule has 4 aromatic rings. The van der Waals surface area contributed by atoms with Crippen LogP contribution < -0.4 is 10.1 Å². The van der Waals surface area contributed by atoms with Crippen molar-refractivity contribution in [3.63, 3.8) is 0 Å². The molecule has 0 fully saturated rings. The van der Waals surface area contributed by atoms with Gasteiger partial charge in [-0.2, -0.15) is 0 Å². The van der Waals surface area contributed by atoms with Gasteiger partial charge in [-0.25, -0.2) is 8.78 Å². The van der Waals surface area contributed by atoms with Gasteiger partial charge in [0.1, 0.15) is 0 Å². The summed E-state index contributed by atoms with van der Waals surface area (Å²) in [6.07, 6.45) is 0. The van der Waals surface area contributed by atoms with Crippen molar-refractivity contribution in [2.45, 2.75) is 18.6 Å². The highest BCUT2D eigenvalue weighted by Crippen LogP contribution is 2.33. The summed E-state index contributed by atoms with van der Waals surface area (Å²) in [5.74, 6) is -0.671. The summed E-state index contributed by atoms with van der Waals surface area (Å²) in [6.45, 7) is 2.49. The van der Waals surface area contributed by atoms with Crippen LogP contribution in [-0.4, -0.2) is 33.5 Å². The Morgan fingerprint density at radius 1 is 1.19 bits per heavy atom. The lowest BCUT2D eigenvalue weighted by Gasteiger charge is -2.07. The largest absolute Gasteiger partial charge is 0.493 e. The van der Waals surface area contributed by atoms with E-state index in [1.165, 1.54) is 17.8 Å². The molecule has 2 aromatic heterocycles. The molecule has 0 spiro atoms. The van der Waals surface area contributed by atoms with Crippen LogP contribution in [0.2, 0.25) is 0 Å². The molecule has 31 heavy (non-hydrogen) atoms. The fourth-order valence-electron chi connectivity index (χ4n) is 3.07. The average Bonchev–Trinajstić information content (AvgIpc) is 3.38. The number of methoxy groups -OCH3 is 1. The Hall–Kier alpha value is -3.40. The summed E-state index contributed by atoms with van der Waals surface area (Å²) in [5, 5.41) is 12.3. The van der Waals surface area contributed by atoms with E-state index in [0.717, 1.165) is 17.5 Å². The van der Waals surface area contributed by atoms with Gasteiger partial charge in [0.05, 0.1) is 12.9 Å². The summed E-state index contributed by atoms with van der Waals surface area (Å²) in [7, 11) is 1.58. The number of nitrogens with zero attached hydrogens (tertiary/aromatic N) is 3. The number of nitrogens with one attached hydrogen (secondary N) is 1. The van der Waals surface area contributed by atoms with Crippen molar-refractivity contribution >= 4 is 34.3 Å². The van der Waals surface area contributed by atoms with Crippen molar-refractivity contribution in [2.24, 2.45) is 0 Å². The van der Waals surface area contributed by atoms with E-state index in [9.17, 15) is 13.6 Å². The molecular formula is C21H18F2N4O3S. The zero-order valence-electron chi connectivity index (χ0n) is 16.7. The van der Waals surface area contributed by atoms with Crippen molar-refractivity contribution in [1.82, 2.24) is 14.8 Å². The highest BCUT2D eigenvalue weighted by molar-refractivity contribution is 7.99. The van der Waals surface area contributed by atoms with Crippen LogP contribution in [0.3, 0.4) is 0 Å². The van der Waals surface area contributed by atoms with Crippen LogP contribution in [-0.2, 0) is 11.3 Å². The van der Waals surface area contributed by atoms with E-state index in [-0.39, 0.29) is 17.3 Å². The van der Waals surface area contributed by atoms with E-state index in [2.05, 4.69) is 15.5 Å². The molecule has 0 radical (unpaired) electrons. The van der Waals surface area contributed by atoms with Crippen LogP contribution in [0.5, 0.6) is 5.75 Å². The number of ether oxygens (including phenoxy) is 1. The molecule has 0 atom stereocenters. The van der Waals surface area contributed by atoms with Crippen LogP contribution in [0.15, 0.2) is 52.0 Å². The van der Waals surface area contributed by atoms with Crippen LogP contribution in [0.1, 0.15) is 6.92 Å². The van der Waals surface area contributed by atoms with E-state index in [4.69, 9.17) is 9.15 Å². The first-order valence-corrected chi connectivity index (χ1v) is 10.4. The predicted molar refractivity (Wildman–Crippen MR) is 113 cm³/mol. The normalized spacial score (nSPS) is 11.1. The maximum atomic E-state index is 13.3. The molecule has 4 rings (SSSR count). The fraction of sp³-hybridized carbons (Fsp3) is 0.190. The number of furan rings is 1.